The van der Waals surface area contributed by atoms with Crippen LogP contribution in [0.2, 0.25) is 5.02 Å². The Morgan fingerprint density at radius 1 is 1.07 bits per heavy atom. The van der Waals surface area contributed by atoms with Crippen LogP contribution in [-0.2, 0) is 11.3 Å². The van der Waals surface area contributed by atoms with Crippen LogP contribution in [0.15, 0.2) is 94.0 Å². The molecule has 0 atom stereocenters. The van der Waals surface area contributed by atoms with E-state index >= 15 is 0 Å². The van der Waals surface area contributed by atoms with Gasteiger partial charge in [0.25, 0.3) is 11.8 Å². The van der Waals surface area contributed by atoms with Crippen molar-refractivity contribution in [2.45, 2.75) is 13.5 Å². The number of carboxylic acid groups (broad SMARTS) is 1. The Labute approximate surface area is 240 Å². The summed E-state index contributed by atoms with van der Waals surface area (Å²) < 4.78 is 11.2. The lowest BCUT2D eigenvalue weighted by Crippen LogP contribution is -2.23. The second-order valence-electron chi connectivity index (χ2n) is 9.14. The molecule has 2 amide bonds. The second-order valence-corrected chi connectivity index (χ2v) is 9.55. The first kappa shape index (κ1) is 27.4. The monoisotopic (exact) mass is 569 g/mol. The summed E-state index contributed by atoms with van der Waals surface area (Å²) in [5.74, 6) is -0.169. The zero-order valence-corrected chi connectivity index (χ0v) is 22.8. The first-order valence-electron chi connectivity index (χ1n) is 12.5. The van der Waals surface area contributed by atoms with Crippen molar-refractivity contribution in [2.24, 2.45) is 5.10 Å². The first-order valence-corrected chi connectivity index (χ1v) is 12.9. The number of carbonyl (C=O) groups is 3. The third kappa shape index (κ3) is 5.90. The van der Waals surface area contributed by atoms with Crippen LogP contribution in [0.3, 0.4) is 0 Å². The van der Waals surface area contributed by atoms with Gasteiger partial charge in [0.2, 0.25) is 0 Å². The molecule has 0 saturated heterocycles. The highest BCUT2D eigenvalue weighted by molar-refractivity contribution is 6.34. The summed E-state index contributed by atoms with van der Waals surface area (Å²) in [7, 11) is 1.58. The number of rotatable bonds is 8. The number of furan rings is 1. The average Bonchev–Trinajstić information content (AvgIpc) is 3.56. The lowest BCUT2D eigenvalue weighted by atomic mass is 10.1. The molecule has 206 valence electrons. The Hall–Kier alpha value is -5.15. The van der Waals surface area contributed by atoms with Crippen molar-refractivity contribution in [3.63, 3.8) is 0 Å². The van der Waals surface area contributed by atoms with Gasteiger partial charge in [-0.3, -0.25) is 9.59 Å². The molecule has 0 radical (unpaired) electrons. The number of aromatic carboxylic acids is 1. The van der Waals surface area contributed by atoms with Crippen molar-refractivity contribution >= 4 is 46.9 Å². The molecule has 41 heavy (non-hydrogen) atoms. The maximum Gasteiger partial charge on any atom is 0.335 e. The Morgan fingerprint density at radius 3 is 2.59 bits per heavy atom. The number of carboxylic acids is 1. The maximum atomic E-state index is 13.1. The number of ether oxygens (including phenoxy) is 1. The van der Waals surface area contributed by atoms with Gasteiger partial charge < -0.3 is 19.6 Å². The summed E-state index contributed by atoms with van der Waals surface area (Å²) in [6.45, 7) is 2.00. The highest BCUT2D eigenvalue weighted by Gasteiger charge is 2.29. The van der Waals surface area contributed by atoms with Crippen molar-refractivity contribution in [3.05, 3.63) is 112 Å². The maximum absolute atomic E-state index is 13.1. The summed E-state index contributed by atoms with van der Waals surface area (Å²) in [5, 5.41) is 17.8. The average molecular weight is 570 g/mol. The molecule has 3 aromatic carbocycles. The Kier molecular flexibility index (Phi) is 7.71. The van der Waals surface area contributed by atoms with Crippen molar-refractivity contribution in [3.8, 4) is 17.1 Å². The van der Waals surface area contributed by atoms with E-state index in [1.807, 2.05) is 24.3 Å². The number of amides is 2. The molecular weight excluding hydrogens is 546 g/mol. The van der Waals surface area contributed by atoms with Crippen LogP contribution in [-0.4, -0.2) is 35.7 Å². The quantitative estimate of drug-likeness (QED) is 0.249. The molecule has 0 aliphatic carbocycles. The van der Waals surface area contributed by atoms with Crippen LogP contribution in [0.4, 0.5) is 5.69 Å². The Bertz CT molecular complexity index is 1720. The van der Waals surface area contributed by atoms with Gasteiger partial charge in [0.15, 0.2) is 0 Å². The largest absolute Gasteiger partial charge is 0.497 e. The third-order valence-electron chi connectivity index (χ3n) is 6.42. The van der Waals surface area contributed by atoms with E-state index in [9.17, 15) is 14.4 Å². The van der Waals surface area contributed by atoms with Crippen molar-refractivity contribution in [2.75, 3.05) is 12.1 Å². The van der Waals surface area contributed by atoms with E-state index < -0.39 is 5.97 Å². The number of hydrazone groups is 1. The number of hydrogen-bond acceptors (Lipinski definition) is 6. The fourth-order valence-corrected chi connectivity index (χ4v) is 4.45. The fraction of sp³-hybridized carbons (Fsp3) is 0.0968. The molecule has 0 spiro atoms. The number of halogens is 1. The van der Waals surface area contributed by atoms with Crippen molar-refractivity contribution in [1.29, 1.82) is 0 Å². The van der Waals surface area contributed by atoms with Gasteiger partial charge in [-0.15, -0.1) is 0 Å². The summed E-state index contributed by atoms with van der Waals surface area (Å²) in [5.41, 5.74) is 3.18. The van der Waals surface area contributed by atoms with Crippen LogP contribution in [0.5, 0.6) is 5.75 Å². The molecule has 1 aliphatic heterocycles. The van der Waals surface area contributed by atoms with E-state index in [2.05, 4.69) is 10.4 Å². The highest BCUT2D eigenvalue weighted by Crippen LogP contribution is 2.30. The number of nitrogens with one attached hydrogen (secondary N) is 1. The molecule has 0 unspecified atom stereocenters. The summed E-state index contributed by atoms with van der Waals surface area (Å²) in [6.07, 6.45) is 1.59. The van der Waals surface area contributed by atoms with E-state index in [1.54, 1.807) is 50.4 Å². The van der Waals surface area contributed by atoms with Gasteiger partial charge in [-0.05, 0) is 85.3 Å². The lowest BCUT2D eigenvalue weighted by Gasteiger charge is -2.11. The van der Waals surface area contributed by atoms with E-state index in [4.69, 9.17) is 25.9 Å². The number of methoxy groups -OCH3 is 1. The molecule has 1 aromatic heterocycles. The zero-order chi connectivity index (χ0) is 29.1. The summed E-state index contributed by atoms with van der Waals surface area (Å²) in [4.78, 5) is 37.1. The molecule has 5 rings (SSSR count). The smallest absolute Gasteiger partial charge is 0.335 e. The first-order chi connectivity index (χ1) is 19.7. The molecule has 0 fully saturated rings. The van der Waals surface area contributed by atoms with Gasteiger partial charge in [0, 0.05) is 12.1 Å². The van der Waals surface area contributed by atoms with Crippen molar-refractivity contribution in [1.82, 2.24) is 5.32 Å². The van der Waals surface area contributed by atoms with Gasteiger partial charge in [-0.1, -0.05) is 23.7 Å². The number of hydrogen-bond donors (Lipinski definition) is 2. The van der Waals surface area contributed by atoms with Gasteiger partial charge in [-0.25, -0.2) is 4.79 Å². The Morgan fingerprint density at radius 2 is 1.85 bits per heavy atom. The van der Waals surface area contributed by atoms with Crippen LogP contribution in [0, 0.1) is 0 Å². The van der Waals surface area contributed by atoms with Gasteiger partial charge in [-0.2, -0.15) is 10.1 Å². The number of carbonyl (C=O) groups excluding carboxylic acids is 2. The van der Waals surface area contributed by atoms with Gasteiger partial charge >= 0.3 is 5.97 Å². The standard InChI is InChI=1S/C31H24ClN3O6/c1-18-25(30(37)35(34-18)22-9-6-20(7-10-22)31(38)39)16-24-11-13-28(41-24)21-8-12-27(32)26(15-21)29(36)33-17-19-4-3-5-23(14-19)40-2/h3-16H,17H2,1-2H3,(H,33,36)(H,38,39)/b25-16-. The zero-order valence-electron chi connectivity index (χ0n) is 22.1. The predicted octanol–water partition coefficient (Wildman–Crippen LogP) is 6.04. The van der Waals surface area contributed by atoms with Crippen LogP contribution in [0.1, 0.15) is 39.0 Å². The normalized spacial score (nSPS) is 13.8. The molecule has 2 heterocycles. The molecule has 9 nitrogen and oxygen atoms in total. The topological polar surface area (TPSA) is 121 Å². The SMILES string of the molecule is COc1cccc(CNC(=O)c2cc(-c3ccc(/C=C4\C(=O)N(c5ccc(C(=O)O)cc5)N=C4C)o3)ccc2Cl)c1. The predicted molar refractivity (Wildman–Crippen MR) is 155 cm³/mol. The van der Waals surface area contributed by atoms with Crippen LogP contribution in [0.25, 0.3) is 17.4 Å². The minimum atomic E-state index is -1.06. The summed E-state index contributed by atoms with van der Waals surface area (Å²) in [6, 6.07) is 21.7. The van der Waals surface area contributed by atoms with Crippen LogP contribution >= 0.6 is 11.6 Å². The molecular formula is C31H24ClN3O6. The Balaban J connectivity index is 1.32. The summed E-state index contributed by atoms with van der Waals surface area (Å²) >= 11 is 6.34. The third-order valence-corrected chi connectivity index (χ3v) is 6.75. The second kappa shape index (κ2) is 11.5. The number of nitrogens with zero attached hydrogens (tertiary/aromatic N) is 2. The van der Waals surface area contributed by atoms with Gasteiger partial charge in [0.1, 0.15) is 17.3 Å². The number of benzene rings is 3. The minimum absolute atomic E-state index is 0.111. The van der Waals surface area contributed by atoms with Gasteiger partial charge in [0.05, 0.1) is 40.2 Å². The molecule has 2 N–H and O–H groups in total. The molecule has 10 heteroatoms. The lowest BCUT2D eigenvalue weighted by molar-refractivity contribution is -0.114. The van der Waals surface area contributed by atoms with E-state index in [0.717, 1.165) is 5.56 Å². The number of anilines is 1. The molecule has 0 saturated carbocycles. The highest BCUT2D eigenvalue weighted by atomic mass is 35.5. The van der Waals surface area contributed by atoms with Crippen molar-refractivity contribution < 1.29 is 28.6 Å². The van der Waals surface area contributed by atoms with E-state index in [1.165, 1.54) is 29.3 Å². The fourth-order valence-electron chi connectivity index (χ4n) is 4.24. The minimum Gasteiger partial charge on any atom is -0.497 e. The molecule has 4 aromatic rings. The molecule has 1 aliphatic rings. The molecule has 0 bridgehead atoms. The van der Waals surface area contributed by atoms with E-state index in [0.29, 0.717) is 56.9 Å². The van der Waals surface area contributed by atoms with E-state index in [-0.39, 0.29) is 17.4 Å². The van der Waals surface area contributed by atoms with Crippen LogP contribution < -0.4 is 15.1 Å².